The van der Waals surface area contributed by atoms with Crippen LogP contribution in [-0.2, 0) is 17.7 Å². The fourth-order valence-electron chi connectivity index (χ4n) is 1.79. The Kier molecular flexibility index (Phi) is 3.63. The topological polar surface area (TPSA) is 78.9 Å². The van der Waals surface area contributed by atoms with Crippen LogP contribution in [0.5, 0.6) is 0 Å². The molecule has 0 aromatic carbocycles. The predicted octanol–water partition coefficient (Wildman–Crippen LogP) is -0.399. The first-order valence-corrected chi connectivity index (χ1v) is 5.43. The lowest BCUT2D eigenvalue weighted by atomic mass is 10.1. The van der Waals surface area contributed by atoms with E-state index >= 15 is 0 Å². The Morgan fingerprint density at radius 1 is 1.53 bits per heavy atom. The van der Waals surface area contributed by atoms with Gasteiger partial charge in [-0.3, -0.25) is 0 Å². The Hall–Kier alpha value is -1.01. The van der Waals surface area contributed by atoms with Gasteiger partial charge in [0.25, 0.3) is 0 Å². The molecule has 0 bridgehead atoms. The van der Waals surface area contributed by atoms with Crippen molar-refractivity contribution in [1.82, 2.24) is 20.2 Å². The van der Waals surface area contributed by atoms with E-state index in [1.165, 1.54) is 0 Å². The normalized spacial score (nSPS) is 21.0. The van der Waals surface area contributed by atoms with Crippen molar-refractivity contribution in [3.05, 3.63) is 5.82 Å². The van der Waals surface area contributed by atoms with Crippen molar-refractivity contribution < 1.29 is 4.74 Å². The van der Waals surface area contributed by atoms with E-state index in [2.05, 4.69) is 15.5 Å². The van der Waals surface area contributed by atoms with Gasteiger partial charge >= 0.3 is 0 Å². The molecule has 6 heteroatoms. The average Bonchev–Trinajstić information content (AvgIpc) is 2.87. The summed E-state index contributed by atoms with van der Waals surface area (Å²) in [6, 6.07) is 0. The van der Waals surface area contributed by atoms with Crippen molar-refractivity contribution in [3.63, 3.8) is 0 Å². The van der Waals surface area contributed by atoms with Gasteiger partial charge in [0.05, 0.1) is 0 Å². The van der Waals surface area contributed by atoms with Crippen LogP contribution in [0.4, 0.5) is 0 Å². The van der Waals surface area contributed by atoms with Crippen LogP contribution in [0.3, 0.4) is 0 Å². The Labute approximate surface area is 88.8 Å². The molecule has 15 heavy (non-hydrogen) atoms. The highest BCUT2D eigenvalue weighted by atomic mass is 16.5. The number of aryl methyl sites for hydroxylation is 1. The van der Waals surface area contributed by atoms with Crippen LogP contribution in [0.2, 0.25) is 0 Å². The van der Waals surface area contributed by atoms with Gasteiger partial charge in [-0.05, 0) is 35.7 Å². The quantitative estimate of drug-likeness (QED) is 0.717. The molecule has 6 nitrogen and oxygen atoms in total. The first-order chi connectivity index (χ1) is 7.40. The molecule has 1 fully saturated rings. The van der Waals surface area contributed by atoms with Crippen molar-refractivity contribution in [1.29, 1.82) is 0 Å². The molecule has 2 heterocycles. The van der Waals surface area contributed by atoms with Crippen molar-refractivity contribution in [2.45, 2.75) is 25.8 Å². The van der Waals surface area contributed by atoms with Gasteiger partial charge < -0.3 is 10.5 Å². The maximum Gasteiger partial charge on any atom is 0.151 e. The third-order valence-electron chi connectivity index (χ3n) is 2.68. The summed E-state index contributed by atoms with van der Waals surface area (Å²) in [5.41, 5.74) is 5.46. The Bertz CT molecular complexity index is 294. The minimum Gasteiger partial charge on any atom is -0.381 e. The number of nitrogens with two attached hydrogens (primary N) is 1. The van der Waals surface area contributed by atoms with Gasteiger partial charge in [0.2, 0.25) is 0 Å². The SMILES string of the molecule is NCCCn1nnnc1CC1CCOC1. The van der Waals surface area contributed by atoms with E-state index in [9.17, 15) is 0 Å². The van der Waals surface area contributed by atoms with Crippen LogP contribution in [-0.4, -0.2) is 40.0 Å². The van der Waals surface area contributed by atoms with Gasteiger partial charge in [-0.15, -0.1) is 5.10 Å². The summed E-state index contributed by atoms with van der Waals surface area (Å²) in [5, 5.41) is 11.7. The highest BCUT2D eigenvalue weighted by Crippen LogP contribution is 2.16. The summed E-state index contributed by atoms with van der Waals surface area (Å²) in [5.74, 6) is 1.53. The molecule has 2 rings (SSSR count). The minimum absolute atomic E-state index is 0.577. The number of hydrogen-bond acceptors (Lipinski definition) is 5. The van der Waals surface area contributed by atoms with Gasteiger partial charge in [0.15, 0.2) is 5.82 Å². The molecular weight excluding hydrogens is 194 g/mol. The third-order valence-corrected chi connectivity index (χ3v) is 2.68. The van der Waals surface area contributed by atoms with E-state index in [4.69, 9.17) is 10.5 Å². The number of hydrogen-bond donors (Lipinski definition) is 1. The number of ether oxygens (including phenoxy) is 1. The lowest BCUT2D eigenvalue weighted by Gasteiger charge is -2.07. The van der Waals surface area contributed by atoms with Crippen molar-refractivity contribution in [2.75, 3.05) is 19.8 Å². The number of rotatable bonds is 5. The molecule has 0 aliphatic carbocycles. The largest absolute Gasteiger partial charge is 0.381 e. The molecular formula is C9H17N5O. The number of tetrazole rings is 1. The van der Waals surface area contributed by atoms with E-state index in [1.54, 1.807) is 0 Å². The van der Waals surface area contributed by atoms with Gasteiger partial charge in [0.1, 0.15) is 0 Å². The molecule has 0 saturated carbocycles. The number of aromatic nitrogens is 4. The zero-order valence-corrected chi connectivity index (χ0v) is 8.80. The average molecular weight is 211 g/mol. The smallest absolute Gasteiger partial charge is 0.151 e. The Balaban J connectivity index is 1.91. The molecule has 1 aliphatic rings. The van der Waals surface area contributed by atoms with Crippen LogP contribution >= 0.6 is 0 Å². The Morgan fingerprint density at radius 3 is 3.20 bits per heavy atom. The first kappa shape index (κ1) is 10.5. The maximum atomic E-state index is 5.46. The van der Waals surface area contributed by atoms with E-state index in [-0.39, 0.29) is 0 Å². The molecule has 0 amide bonds. The highest BCUT2D eigenvalue weighted by molar-refractivity contribution is 4.85. The molecule has 0 radical (unpaired) electrons. The second-order valence-corrected chi connectivity index (χ2v) is 3.89. The van der Waals surface area contributed by atoms with Crippen molar-refractivity contribution >= 4 is 0 Å². The summed E-state index contributed by atoms with van der Waals surface area (Å²) in [6.45, 7) is 3.19. The summed E-state index contributed by atoms with van der Waals surface area (Å²) < 4.78 is 7.18. The van der Waals surface area contributed by atoms with Crippen LogP contribution in [0, 0.1) is 5.92 Å². The molecule has 2 N–H and O–H groups in total. The van der Waals surface area contributed by atoms with Crippen LogP contribution < -0.4 is 5.73 Å². The maximum absolute atomic E-state index is 5.46. The molecule has 1 saturated heterocycles. The van der Waals surface area contributed by atoms with Crippen LogP contribution in [0.15, 0.2) is 0 Å². The lowest BCUT2D eigenvalue weighted by molar-refractivity contribution is 0.185. The van der Waals surface area contributed by atoms with Crippen LogP contribution in [0.25, 0.3) is 0 Å². The molecule has 0 spiro atoms. The van der Waals surface area contributed by atoms with E-state index < -0.39 is 0 Å². The van der Waals surface area contributed by atoms with E-state index in [0.717, 1.165) is 44.8 Å². The van der Waals surface area contributed by atoms with Gasteiger partial charge in [0, 0.05) is 26.2 Å². The molecule has 84 valence electrons. The predicted molar refractivity (Wildman–Crippen MR) is 54.1 cm³/mol. The van der Waals surface area contributed by atoms with Gasteiger partial charge in [-0.2, -0.15) is 0 Å². The highest BCUT2D eigenvalue weighted by Gasteiger charge is 2.19. The summed E-state index contributed by atoms with van der Waals surface area (Å²) in [6.07, 6.45) is 2.94. The summed E-state index contributed by atoms with van der Waals surface area (Å²) in [4.78, 5) is 0. The van der Waals surface area contributed by atoms with Gasteiger partial charge in [-0.1, -0.05) is 0 Å². The molecule has 1 atom stereocenters. The number of nitrogens with zero attached hydrogens (tertiary/aromatic N) is 4. The summed E-state index contributed by atoms with van der Waals surface area (Å²) in [7, 11) is 0. The first-order valence-electron chi connectivity index (χ1n) is 5.43. The van der Waals surface area contributed by atoms with Crippen LogP contribution in [0.1, 0.15) is 18.7 Å². The molecule has 1 aliphatic heterocycles. The van der Waals surface area contributed by atoms with E-state index in [1.807, 2.05) is 4.68 Å². The zero-order valence-electron chi connectivity index (χ0n) is 8.80. The fourth-order valence-corrected chi connectivity index (χ4v) is 1.79. The monoisotopic (exact) mass is 211 g/mol. The Morgan fingerprint density at radius 2 is 2.47 bits per heavy atom. The molecule has 1 unspecified atom stereocenters. The molecule has 1 aromatic rings. The van der Waals surface area contributed by atoms with E-state index in [0.29, 0.717) is 12.5 Å². The second kappa shape index (κ2) is 5.18. The lowest BCUT2D eigenvalue weighted by Crippen LogP contribution is -2.13. The zero-order chi connectivity index (χ0) is 10.5. The standard InChI is InChI=1S/C9H17N5O/c10-3-1-4-14-9(11-12-13-14)6-8-2-5-15-7-8/h8H,1-7,10H2. The second-order valence-electron chi connectivity index (χ2n) is 3.89. The summed E-state index contributed by atoms with van der Waals surface area (Å²) >= 11 is 0. The molecule has 1 aromatic heterocycles. The van der Waals surface area contributed by atoms with Crippen molar-refractivity contribution in [3.8, 4) is 0 Å². The third kappa shape index (κ3) is 2.73. The van der Waals surface area contributed by atoms with Crippen molar-refractivity contribution in [2.24, 2.45) is 11.7 Å². The van der Waals surface area contributed by atoms with Gasteiger partial charge in [-0.25, -0.2) is 4.68 Å². The minimum atomic E-state index is 0.577. The fraction of sp³-hybridized carbons (Fsp3) is 0.889.